The van der Waals surface area contributed by atoms with Crippen molar-refractivity contribution in [3.63, 3.8) is 0 Å². The molecule has 4 rings (SSSR count). The predicted molar refractivity (Wildman–Crippen MR) is 87.8 cm³/mol. The molecule has 118 valence electrons. The van der Waals surface area contributed by atoms with E-state index in [-0.39, 0.29) is 6.04 Å². The van der Waals surface area contributed by atoms with Crippen molar-refractivity contribution in [3.05, 3.63) is 36.5 Å². The molecule has 0 aliphatic heterocycles. The highest BCUT2D eigenvalue weighted by Gasteiger charge is 2.42. The summed E-state index contributed by atoms with van der Waals surface area (Å²) in [5, 5.41) is 6.54. The third kappa shape index (κ3) is 3.18. The molecular formula is C18H19N3O2. The van der Waals surface area contributed by atoms with E-state index in [1.807, 2.05) is 24.3 Å². The number of anilines is 1. The summed E-state index contributed by atoms with van der Waals surface area (Å²) in [6, 6.07) is 9.38. The first-order chi connectivity index (χ1) is 11.2. The molecule has 1 aromatic heterocycles. The summed E-state index contributed by atoms with van der Waals surface area (Å²) in [5.41, 5.74) is 1.47. The third-order valence-corrected chi connectivity index (χ3v) is 4.62. The average molecular weight is 309 g/mol. The maximum atomic E-state index is 12.2. The molecule has 5 nitrogen and oxygen atoms in total. The number of nitrogens with zero attached hydrogens (tertiary/aromatic N) is 1. The molecule has 2 aliphatic rings. The van der Waals surface area contributed by atoms with Crippen molar-refractivity contribution < 1.29 is 9.59 Å². The number of aromatic nitrogens is 1. The summed E-state index contributed by atoms with van der Waals surface area (Å²) in [5.74, 6) is 0.0246. The molecule has 23 heavy (non-hydrogen) atoms. The van der Waals surface area contributed by atoms with Gasteiger partial charge in [0.25, 0.3) is 0 Å². The Labute approximate surface area is 134 Å². The SMILES string of the molecule is O=C(Nc1ccc2ncccc2c1)C(=O)NC(C1CC1)C1CC1. The Morgan fingerprint density at radius 3 is 2.48 bits per heavy atom. The number of rotatable bonds is 4. The summed E-state index contributed by atoms with van der Waals surface area (Å²) in [4.78, 5) is 28.5. The van der Waals surface area contributed by atoms with E-state index in [9.17, 15) is 9.59 Å². The van der Waals surface area contributed by atoms with Crippen LogP contribution in [0.3, 0.4) is 0 Å². The summed E-state index contributed by atoms with van der Waals surface area (Å²) >= 11 is 0. The normalized spacial score (nSPS) is 17.3. The Bertz CT molecular complexity index is 754. The number of amides is 2. The van der Waals surface area contributed by atoms with Gasteiger partial charge in [-0.25, -0.2) is 0 Å². The first-order valence-corrected chi connectivity index (χ1v) is 8.17. The van der Waals surface area contributed by atoms with Crippen molar-refractivity contribution in [1.29, 1.82) is 0 Å². The maximum Gasteiger partial charge on any atom is 0.313 e. The van der Waals surface area contributed by atoms with Crippen LogP contribution in [0.15, 0.2) is 36.5 Å². The van der Waals surface area contributed by atoms with E-state index < -0.39 is 11.8 Å². The van der Waals surface area contributed by atoms with Gasteiger partial charge in [-0.15, -0.1) is 0 Å². The molecule has 0 atom stereocenters. The van der Waals surface area contributed by atoms with Gasteiger partial charge < -0.3 is 10.6 Å². The standard InChI is InChI=1S/C18H19N3O2/c22-17(18(23)21-16(11-3-4-11)12-5-6-12)20-14-7-8-15-13(10-14)2-1-9-19-15/h1-2,7-12,16H,3-6H2,(H,20,22)(H,21,23). The zero-order chi connectivity index (χ0) is 15.8. The maximum absolute atomic E-state index is 12.2. The molecule has 2 aromatic rings. The minimum absolute atomic E-state index is 0.189. The number of nitrogens with one attached hydrogen (secondary N) is 2. The molecular weight excluding hydrogens is 290 g/mol. The molecule has 0 radical (unpaired) electrons. The predicted octanol–water partition coefficient (Wildman–Crippen LogP) is 2.48. The van der Waals surface area contributed by atoms with Crippen molar-refractivity contribution >= 4 is 28.4 Å². The van der Waals surface area contributed by atoms with Crippen LogP contribution in [0.2, 0.25) is 0 Å². The molecule has 2 aliphatic carbocycles. The largest absolute Gasteiger partial charge is 0.345 e. The minimum atomic E-state index is -0.598. The molecule has 0 saturated heterocycles. The van der Waals surface area contributed by atoms with Crippen LogP contribution < -0.4 is 10.6 Å². The third-order valence-electron chi connectivity index (χ3n) is 4.62. The number of carbonyl (C=O) groups excluding carboxylic acids is 2. The Hall–Kier alpha value is -2.43. The number of fused-ring (bicyclic) bond motifs is 1. The summed E-state index contributed by atoms with van der Waals surface area (Å²) in [7, 11) is 0. The monoisotopic (exact) mass is 309 g/mol. The quantitative estimate of drug-likeness (QED) is 0.852. The lowest BCUT2D eigenvalue weighted by Crippen LogP contribution is -2.44. The smallest absolute Gasteiger partial charge is 0.313 e. The van der Waals surface area contributed by atoms with Crippen LogP contribution in [0.5, 0.6) is 0 Å². The van der Waals surface area contributed by atoms with Gasteiger partial charge in [-0.2, -0.15) is 0 Å². The minimum Gasteiger partial charge on any atom is -0.345 e. The fraction of sp³-hybridized carbons (Fsp3) is 0.389. The van der Waals surface area contributed by atoms with Gasteiger partial charge in [0, 0.05) is 23.3 Å². The van der Waals surface area contributed by atoms with Gasteiger partial charge >= 0.3 is 11.8 Å². The fourth-order valence-electron chi connectivity index (χ4n) is 3.09. The lowest BCUT2D eigenvalue weighted by Gasteiger charge is -2.17. The first-order valence-electron chi connectivity index (χ1n) is 8.17. The lowest BCUT2D eigenvalue weighted by atomic mass is 10.1. The highest BCUT2D eigenvalue weighted by molar-refractivity contribution is 6.39. The molecule has 1 aromatic carbocycles. The molecule has 2 N–H and O–H groups in total. The molecule has 2 saturated carbocycles. The Kier molecular flexibility index (Phi) is 3.48. The highest BCUT2D eigenvalue weighted by Crippen LogP contribution is 2.44. The van der Waals surface area contributed by atoms with E-state index in [0.29, 0.717) is 17.5 Å². The molecule has 5 heteroatoms. The van der Waals surface area contributed by atoms with Crippen LogP contribution in [0, 0.1) is 11.8 Å². The molecule has 2 fully saturated rings. The van der Waals surface area contributed by atoms with Crippen LogP contribution >= 0.6 is 0 Å². The topological polar surface area (TPSA) is 71.1 Å². The van der Waals surface area contributed by atoms with E-state index in [1.165, 1.54) is 25.7 Å². The number of hydrogen-bond donors (Lipinski definition) is 2. The summed E-state index contributed by atoms with van der Waals surface area (Å²) < 4.78 is 0. The number of hydrogen-bond acceptors (Lipinski definition) is 3. The van der Waals surface area contributed by atoms with Gasteiger partial charge in [-0.05, 0) is 61.8 Å². The van der Waals surface area contributed by atoms with Gasteiger partial charge in [0.15, 0.2) is 0 Å². The Balaban J connectivity index is 1.42. The van der Waals surface area contributed by atoms with E-state index in [1.54, 1.807) is 12.3 Å². The van der Waals surface area contributed by atoms with Gasteiger partial charge in [0.2, 0.25) is 0 Å². The number of benzene rings is 1. The summed E-state index contributed by atoms with van der Waals surface area (Å²) in [6.07, 6.45) is 6.40. The van der Waals surface area contributed by atoms with Crippen molar-refractivity contribution in [2.24, 2.45) is 11.8 Å². The zero-order valence-electron chi connectivity index (χ0n) is 12.8. The second-order valence-corrected chi connectivity index (χ2v) is 6.54. The van der Waals surface area contributed by atoms with Gasteiger partial charge in [-0.3, -0.25) is 14.6 Å². The highest BCUT2D eigenvalue weighted by atomic mass is 16.2. The molecule has 0 unspecified atom stereocenters. The second-order valence-electron chi connectivity index (χ2n) is 6.54. The van der Waals surface area contributed by atoms with E-state index in [4.69, 9.17) is 0 Å². The van der Waals surface area contributed by atoms with Gasteiger partial charge in [0.05, 0.1) is 5.52 Å². The fourth-order valence-corrected chi connectivity index (χ4v) is 3.09. The Morgan fingerprint density at radius 1 is 1.04 bits per heavy atom. The summed E-state index contributed by atoms with van der Waals surface area (Å²) in [6.45, 7) is 0. The number of pyridine rings is 1. The van der Waals surface area contributed by atoms with Crippen LogP contribution in [0.4, 0.5) is 5.69 Å². The van der Waals surface area contributed by atoms with E-state index >= 15 is 0 Å². The van der Waals surface area contributed by atoms with Crippen molar-refractivity contribution in [1.82, 2.24) is 10.3 Å². The van der Waals surface area contributed by atoms with Crippen LogP contribution in [0.1, 0.15) is 25.7 Å². The van der Waals surface area contributed by atoms with Crippen LogP contribution in [-0.2, 0) is 9.59 Å². The second kappa shape index (κ2) is 5.65. The van der Waals surface area contributed by atoms with Gasteiger partial charge in [-0.1, -0.05) is 6.07 Å². The van der Waals surface area contributed by atoms with E-state index in [0.717, 1.165) is 10.9 Å². The first kappa shape index (κ1) is 14.2. The van der Waals surface area contributed by atoms with Crippen LogP contribution in [0.25, 0.3) is 10.9 Å². The molecule has 1 heterocycles. The zero-order valence-corrected chi connectivity index (χ0v) is 12.8. The van der Waals surface area contributed by atoms with Crippen molar-refractivity contribution in [2.75, 3.05) is 5.32 Å². The van der Waals surface area contributed by atoms with Gasteiger partial charge in [0.1, 0.15) is 0 Å². The molecule has 0 spiro atoms. The van der Waals surface area contributed by atoms with Crippen molar-refractivity contribution in [2.45, 2.75) is 31.7 Å². The molecule has 0 bridgehead atoms. The van der Waals surface area contributed by atoms with E-state index in [2.05, 4.69) is 15.6 Å². The van der Waals surface area contributed by atoms with Crippen LogP contribution in [-0.4, -0.2) is 22.8 Å². The average Bonchev–Trinajstić information content (AvgIpc) is 3.46. The lowest BCUT2D eigenvalue weighted by molar-refractivity contribution is -0.136. The number of carbonyl (C=O) groups is 2. The van der Waals surface area contributed by atoms with Crippen molar-refractivity contribution in [3.8, 4) is 0 Å². The molecule has 2 amide bonds. The Morgan fingerprint density at radius 2 is 1.78 bits per heavy atom.